The maximum absolute atomic E-state index is 6.13. The molecule has 0 unspecified atom stereocenters. The van der Waals surface area contributed by atoms with Crippen molar-refractivity contribution in [1.29, 1.82) is 0 Å². The van der Waals surface area contributed by atoms with Crippen molar-refractivity contribution in [1.82, 2.24) is 0 Å². The molecule has 1 aliphatic rings. The minimum absolute atomic E-state index is 0. The van der Waals surface area contributed by atoms with Crippen molar-refractivity contribution in [3.8, 4) is 0 Å². The average molecular weight is 491 g/mol. The predicted molar refractivity (Wildman–Crippen MR) is 93.8 cm³/mol. The van der Waals surface area contributed by atoms with Gasteiger partial charge in [-0.3, -0.25) is 0 Å². The summed E-state index contributed by atoms with van der Waals surface area (Å²) in [6, 6.07) is 23.9. The Labute approximate surface area is 153 Å². The van der Waals surface area contributed by atoms with E-state index in [-0.39, 0.29) is 20.1 Å². The normalized spacial score (nSPS) is 13.4. The Morgan fingerprint density at radius 2 is 1.67 bits per heavy atom. The summed E-state index contributed by atoms with van der Waals surface area (Å²) in [6.45, 7) is 2.07. The number of nitrogens with zero attached hydrogens (tertiary/aromatic N) is 2. The van der Waals surface area contributed by atoms with Crippen LogP contribution in [0, 0.1) is 12.7 Å². The van der Waals surface area contributed by atoms with E-state index < -0.39 is 0 Å². The van der Waals surface area contributed by atoms with Crippen LogP contribution < -0.4 is 9.80 Å². The Bertz CT molecular complexity index is 1040. The van der Waals surface area contributed by atoms with Crippen LogP contribution in [0.15, 0.2) is 65.1 Å². The summed E-state index contributed by atoms with van der Waals surface area (Å²) in [5.41, 5.74) is 5.03. The summed E-state index contributed by atoms with van der Waals surface area (Å²) in [5, 5.41) is 2.26. The number of anilines is 3. The van der Waals surface area contributed by atoms with E-state index in [2.05, 4.69) is 66.0 Å². The molecule has 0 atom stereocenters. The zero-order chi connectivity index (χ0) is 15.4. The van der Waals surface area contributed by atoms with Gasteiger partial charge in [0.05, 0.1) is 0 Å². The van der Waals surface area contributed by atoms with Gasteiger partial charge in [-0.1, -0.05) is 41.4 Å². The van der Waals surface area contributed by atoms with Crippen molar-refractivity contribution in [2.24, 2.45) is 0 Å². The van der Waals surface area contributed by atoms with Crippen LogP contribution in [0.1, 0.15) is 0 Å². The zero-order valence-electron chi connectivity index (χ0n) is 13.0. The van der Waals surface area contributed by atoms with Crippen molar-refractivity contribution in [3.05, 3.63) is 73.4 Å². The Morgan fingerprint density at radius 3 is 2.54 bits per heavy atom. The summed E-state index contributed by atoms with van der Waals surface area (Å²) < 4.78 is 6.13. The number of rotatable bonds is 1. The Balaban J connectivity index is 0.00000146. The second-order valence-corrected chi connectivity index (χ2v) is 5.75. The summed E-state index contributed by atoms with van der Waals surface area (Å²) in [7, 11) is 2.05. The molecule has 0 amide bonds. The van der Waals surface area contributed by atoms with E-state index in [9.17, 15) is 0 Å². The smallest absolute Gasteiger partial charge is 0.116 e. The first-order valence-electron chi connectivity index (χ1n) is 7.61. The van der Waals surface area contributed by atoms with Crippen LogP contribution in [0.4, 0.5) is 17.1 Å². The molecule has 0 saturated heterocycles. The largest absolute Gasteiger partial charge is 0.514 e. The first kappa shape index (κ1) is 15.2. The molecule has 3 nitrogen and oxygen atoms in total. The average Bonchev–Trinajstić information content (AvgIpc) is 3.13. The van der Waals surface area contributed by atoms with Crippen LogP contribution >= 0.6 is 0 Å². The van der Waals surface area contributed by atoms with Crippen LogP contribution in [-0.4, -0.2) is 7.05 Å². The van der Waals surface area contributed by atoms with Gasteiger partial charge in [-0.05, 0) is 25.2 Å². The first-order chi connectivity index (χ1) is 11.3. The number of fused-ring (bicyclic) bond motifs is 4. The SMILES string of the molecule is CN1[CH-]N(c2[c-]ccc3c2oc2ccccc23)c2ccccc21.[Ir]. The van der Waals surface area contributed by atoms with Gasteiger partial charge in [0.1, 0.15) is 5.58 Å². The van der Waals surface area contributed by atoms with Crippen molar-refractivity contribution in [3.63, 3.8) is 0 Å². The molecule has 1 aliphatic heterocycles. The summed E-state index contributed by atoms with van der Waals surface area (Å²) in [6.07, 6.45) is 0. The summed E-state index contributed by atoms with van der Waals surface area (Å²) in [5.74, 6) is 0. The molecule has 4 heteroatoms. The minimum atomic E-state index is 0. The molecular formula is C20H14IrN2O-2. The van der Waals surface area contributed by atoms with Crippen LogP contribution in [0.5, 0.6) is 0 Å². The molecule has 4 aromatic rings. The molecule has 1 aromatic heterocycles. The van der Waals surface area contributed by atoms with E-state index in [1.54, 1.807) is 0 Å². The van der Waals surface area contributed by atoms with E-state index in [0.29, 0.717) is 0 Å². The maximum atomic E-state index is 6.13. The van der Waals surface area contributed by atoms with E-state index in [0.717, 1.165) is 33.3 Å². The number of hydrogen-bond acceptors (Lipinski definition) is 3. The van der Waals surface area contributed by atoms with E-state index in [4.69, 9.17) is 4.42 Å². The molecule has 0 saturated carbocycles. The maximum Gasteiger partial charge on any atom is 0.116 e. The van der Waals surface area contributed by atoms with Crippen LogP contribution in [0.25, 0.3) is 21.9 Å². The van der Waals surface area contributed by atoms with Crippen molar-refractivity contribution in [2.45, 2.75) is 0 Å². The topological polar surface area (TPSA) is 19.6 Å². The summed E-state index contributed by atoms with van der Waals surface area (Å²) >= 11 is 0. The first-order valence-corrected chi connectivity index (χ1v) is 7.61. The van der Waals surface area contributed by atoms with Crippen LogP contribution in [0.3, 0.4) is 0 Å². The molecule has 0 spiro atoms. The van der Waals surface area contributed by atoms with Gasteiger partial charge in [0.2, 0.25) is 0 Å². The zero-order valence-corrected chi connectivity index (χ0v) is 15.4. The third kappa shape index (κ3) is 2.07. The van der Waals surface area contributed by atoms with Gasteiger partial charge < -0.3 is 14.2 Å². The molecule has 5 rings (SSSR count). The van der Waals surface area contributed by atoms with Gasteiger partial charge in [0, 0.05) is 42.4 Å². The quantitative estimate of drug-likeness (QED) is 0.347. The molecule has 0 fully saturated rings. The van der Waals surface area contributed by atoms with Crippen LogP contribution in [0.2, 0.25) is 0 Å². The number of benzene rings is 3. The van der Waals surface area contributed by atoms with Gasteiger partial charge in [-0.25, -0.2) is 0 Å². The molecule has 2 heterocycles. The molecule has 3 aromatic carbocycles. The van der Waals surface area contributed by atoms with Gasteiger partial charge in [-0.15, -0.1) is 0 Å². The number of para-hydroxylation sites is 3. The number of hydrogen-bond donors (Lipinski definition) is 0. The van der Waals surface area contributed by atoms with Crippen molar-refractivity contribution >= 4 is 39.0 Å². The molecule has 0 N–H and O–H groups in total. The molecule has 0 bridgehead atoms. The van der Waals surface area contributed by atoms with Gasteiger partial charge >= 0.3 is 0 Å². The van der Waals surface area contributed by atoms with Crippen LogP contribution in [-0.2, 0) is 20.1 Å². The second-order valence-electron chi connectivity index (χ2n) is 5.75. The molecule has 24 heavy (non-hydrogen) atoms. The third-order valence-electron chi connectivity index (χ3n) is 4.37. The Hall–Kier alpha value is -2.29. The van der Waals surface area contributed by atoms with Crippen molar-refractivity contribution in [2.75, 3.05) is 16.8 Å². The van der Waals surface area contributed by atoms with Crippen molar-refractivity contribution < 1.29 is 24.5 Å². The van der Waals surface area contributed by atoms with Gasteiger partial charge in [-0.2, -0.15) is 24.9 Å². The van der Waals surface area contributed by atoms with Gasteiger partial charge in [0.15, 0.2) is 0 Å². The molecule has 0 aliphatic carbocycles. The standard InChI is InChI=1S/C20H14N2O.Ir/c1-21-13-22(17-10-4-3-9-16(17)21)18-11-6-8-15-14-7-2-5-12-19(14)23-20(15)18;/h2-10,12-13H,1H3;/q-2;. The summed E-state index contributed by atoms with van der Waals surface area (Å²) in [4.78, 5) is 4.25. The molecular weight excluding hydrogens is 476 g/mol. The Morgan fingerprint density at radius 1 is 0.917 bits per heavy atom. The second kappa shape index (κ2) is 5.66. The van der Waals surface area contributed by atoms with Gasteiger partial charge in [0.25, 0.3) is 0 Å². The molecule has 1 radical (unpaired) electrons. The predicted octanol–water partition coefficient (Wildman–Crippen LogP) is 5.09. The van der Waals surface area contributed by atoms with E-state index >= 15 is 0 Å². The number of furan rings is 1. The fourth-order valence-electron chi connectivity index (χ4n) is 3.30. The fourth-order valence-corrected chi connectivity index (χ4v) is 3.30. The third-order valence-corrected chi connectivity index (χ3v) is 4.37. The fraction of sp³-hybridized carbons (Fsp3) is 0.0500. The minimum Gasteiger partial charge on any atom is -0.514 e. The molecule has 121 valence electrons. The Kier molecular flexibility index (Phi) is 3.59. The van der Waals surface area contributed by atoms with E-state index in [1.807, 2.05) is 24.3 Å². The monoisotopic (exact) mass is 491 g/mol. The van der Waals surface area contributed by atoms with E-state index in [1.165, 1.54) is 5.69 Å².